The fourth-order valence-corrected chi connectivity index (χ4v) is 3.66. The third-order valence-electron chi connectivity index (χ3n) is 4.68. The molecule has 32 heavy (non-hydrogen) atoms. The van der Waals surface area contributed by atoms with E-state index < -0.39 is 27.5 Å². The first-order valence-corrected chi connectivity index (χ1v) is 11.0. The number of halogens is 3. The summed E-state index contributed by atoms with van der Waals surface area (Å²) in [5.74, 6) is -0.550. The highest BCUT2D eigenvalue weighted by Gasteiger charge is 2.30. The molecule has 4 rings (SSSR count). The van der Waals surface area contributed by atoms with Gasteiger partial charge in [-0.2, -0.15) is 13.2 Å². The molecule has 0 aliphatic carbocycles. The summed E-state index contributed by atoms with van der Waals surface area (Å²) in [6.07, 6.45) is 0.918. The fraction of sp³-hybridized carbons (Fsp3) is 0.0952. The standard InChI is InChI=1S/C21H15F3N4O3S/c1-32(30,31)16-8-6-15(7-9-16)27-20(29)17-12-28-18(10-26-19(28)11-25-17)13-2-4-14(5-3-13)21(22,23)24/h2-12H,1H3,(H,27,29). The first-order valence-electron chi connectivity index (χ1n) is 9.14. The number of anilines is 1. The molecule has 164 valence electrons. The lowest BCUT2D eigenvalue weighted by atomic mass is 10.1. The van der Waals surface area contributed by atoms with Gasteiger partial charge in [-0.15, -0.1) is 0 Å². The van der Waals surface area contributed by atoms with Crippen molar-refractivity contribution in [2.75, 3.05) is 11.6 Å². The third kappa shape index (κ3) is 4.33. The van der Waals surface area contributed by atoms with Crippen molar-refractivity contribution in [1.82, 2.24) is 14.4 Å². The number of hydrogen-bond donors (Lipinski definition) is 1. The number of imidazole rings is 1. The van der Waals surface area contributed by atoms with E-state index in [1.165, 1.54) is 55.0 Å². The van der Waals surface area contributed by atoms with E-state index in [2.05, 4.69) is 15.3 Å². The zero-order valence-electron chi connectivity index (χ0n) is 16.5. The van der Waals surface area contributed by atoms with Gasteiger partial charge in [0.2, 0.25) is 0 Å². The molecule has 4 aromatic rings. The summed E-state index contributed by atoms with van der Waals surface area (Å²) in [5.41, 5.74) is 1.03. The lowest BCUT2D eigenvalue weighted by molar-refractivity contribution is -0.137. The van der Waals surface area contributed by atoms with Crippen LogP contribution in [-0.4, -0.2) is 34.9 Å². The normalized spacial score (nSPS) is 12.1. The van der Waals surface area contributed by atoms with Crippen LogP contribution < -0.4 is 5.32 Å². The molecule has 7 nitrogen and oxygen atoms in total. The first kappa shape index (κ1) is 21.5. The highest BCUT2D eigenvalue weighted by molar-refractivity contribution is 7.90. The highest BCUT2D eigenvalue weighted by Crippen LogP contribution is 2.31. The van der Waals surface area contributed by atoms with Crippen LogP contribution in [0.25, 0.3) is 16.9 Å². The summed E-state index contributed by atoms with van der Waals surface area (Å²) in [7, 11) is -3.36. The number of aromatic nitrogens is 3. The Bertz CT molecular complexity index is 1410. The van der Waals surface area contributed by atoms with Gasteiger partial charge in [-0.1, -0.05) is 12.1 Å². The van der Waals surface area contributed by atoms with Crippen LogP contribution >= 0.6 is 0 Å². The molecule has 0 radical (unpaired) electrons. The molecule has 0 saturated heterocycles. The van der Waals surface area contributed by atoms with Crippen LogP contribution in [0.5, 0.6) is 0 Å². The van der Waals surface area contributed by atoms with Crippen LogP contribution in [0, 0.1) is 0 Å². The van der Waals surface area contributed by atoms with Crippen molar-refractivity contribution in [3.63, 3.8) is 0 Å². The molecule has 0 spiro atoms. The second-order valence-corrected chi connectivity index (χ2v) is 8.99. The monoisotopic (exact) mass is 460 g/mol. The number of carbonyl (C=O) groups is 1. The van der Waals surface area contributed by atoms with Crippen molar-refractivity contribution in [3.05, 3.63) is 78.4 Å². The Morgan fingerprint density at radius 3 is 2.22 bits per heavy atom. The average Bonchev–Trinajstić information content (AvgIpc) is 3.16. The van der Waals surface area contributed by atoms with Gasteiger partial charge < -0.3 is 5.32 Å². The minimum atomic E-state index is -4.44. The summed E-state index contributed by atoms with van der Waals surface area (Å²) in [4.78, 5) is 21.0. The van der Waals surface area contributed by atoms with Crippen molar-refractivity contribution >= 4 is 27.1 Å². The largest absolute Gasteiger partial charge is 0.416 e. The van der Waals surface area contributed by atoms with E-state index in [-0.39, 0.29) is 10.6 Å². The summed E-state index contributed by atoms with van der Waals surface area (Å²) >= 11 is 0. The number of amides is 1. The van der Waals surface area contributed by atoms with E-state index in [4.69, 9.17) is 0 Å². The molecule has 0 atom stereocenters. The van der Waals surface area contributed by atoms with Crippen molar-refractivity contribution in [2.24, 2.45) is 0 Å². The van der Waals surface area contributed by atoms with Gasteiger partial charge in [0, 0.05) is 23.7 Å². The molecule has 0 unspecified atom stereocenters. The smallest absolute Gasteiger partial charge is 0.321 e. The van der Waals surface area contributed by atoms with E-state index in [9.17, 15) is 26.4 Å². The van der Waals surface area contributed by atoms with E-state index in [0.717, 1.165) is 18.4 Å². The molecule has 1 N–H and O–H groups in total. The van der Waals surface area contributed by atoms with Crippen molar-refractivity contribution in [3.8, 4) is 11.3 Å². The predicted octanol–water partition coefficient (Wildman–Crippen LogP) is 4.07. The lowest BCUT2D eigenvalue weighted by Crippen LogP contribution is -2.14. The van der Waals surface area contributed by atoms with Crippen LogP contribution in [0.15, 0.2) is 72.0 Å². The Hall–Kier alpha value is -3.73. The molecule has 2 heterocycles. The fourth-order valence-electron chi connectivity index (χ4n) is 3.03. The van der Waals surface area contributed by atoms with E-state index in [1.807, 2.05) is 0 Å². The van der Waals surface area contributed by atoms with Crippen molar-refractivity contribution in [1.29, 1.82) is 0 Å². The number of alkyl halides is 3. The molecular weight excluding hydrogens is 445 g/mol. The second-order valence-electron chi connectivity index (χ2n) is 6.97. The molecule has 0 bridgehead atoms. The summed E-state index contributed by atoms with van der Waals surface area (Å²) in [6.45, 7) is 0. The average molecular weight is 460 g/mol. The molecule has 2 aromatic heterocycles. The summed E-state index contributed by atoms with van der Waals surface area (Å²) < 4.78 is 63.1. The highest BCUT2D eigenvalue weighted by atomic mass is 32.2. The molecule has 0 aliphatic rings. The molecular formula is C21H15F3N4O3S. The molecule has 1 amide bonds. The maximum atomic E-state index is 12.8. The Balaban J connectivity index is 1.61. The van der Waals surface area contributed by atoms with Gasteiger partial charge >= 0.3 is 6.18 Å². The van der Waals surface area contributed by atoms with Crippen molar-refractivity contribution in [2.45, 2.75) is 11.1 Å². The Kier molecular flexibility index (Phi) is 5.21. The second kappa shape index (κ2) is 7.75. The molecule has 11 heteroatoms. The topological polar surface area (TPSA) is 93.4 Å². The van der Waals surface area contributed by atoms with Gasteiger partial charge in [-0.25, -0.2) is 18.4 Å². The summed E-state index contributed by atoms with van der Waals surface area (Å²) in [5, 5.41) is 2.62. The number of carbonyl (C=O) groups excluding carboxylic acids is 1. The van der Waals surface area contributed by atoms with Crippen LogP contribution in [0.2, 0.25) is 0 Å². The minimum absolute atomic E-state index is 0.0378. The molecule has 0 saturated carbocycles. The number of sulfone groups is 1. The third-order valence-corrected chi connectivity index (χ3v) is 5.81. The zero-order chi connectivity index (χ0) is 23.1. The van der Waals surface area contributed by atoms with Crippen LogP contribution in [0.3, 0.4) is 0 Å². The molecule has 0 fully saturated rings. The van der Waals surface area contributed by atoms with Gasteiger partial charge in [-0.3, -0.25) is 9.20 Å². The van der Waals surface area contributed by atoms with Gasteiger partial charge in [-0.05, 0) is 36.4 Å². The van der Waals surface area contributed by atoms with E-state index in [0.29, 0.717) is 22.6 Å². The van der Waals surface area contributed by atoms with Gasteiger partial charge in [0.05, 0.1) is 28.5 Å². The lowest BCUT2D eigenvalue weighted by Gasteiger charge is -2.09. The SMILES string of the molecule is CS(=O)(=O)c1ccc(NC(=O)c2cn3c(-c4ccc(C(F)(F)F)cc4)cnc3cn2)cc1. The maximum absolute atomic E-state index is 12.8. The summed E-state index contributed by atoms with van der Waals surface area (Å²) in [6, 6.07) is 10.3. The number of rotatable bonds is 4. The molecule has 0 aliphatic heterocycles. The van der Waals surface area contributed by atoms with Crippen LogP contribution in [-0.2, 0) is 16.0 Å². The Morgan fingerprint density at radius 2 is 1.62 bits per heavy atom. The van der Waals surface area contributed by atoms with E-state index in [1.54, 1.807) is 4.40 Å². The number of hydrogen-bond acceptors (Lipinski definition) is 5. The zero-order valence-corrected chi connectivity index (χ0v) is 17.3. The quantitative estimate of drug-likeness (QED) is 0.496. The van der Waals surface area contributed by atoms with Crippen molar-refractivity contribution < 1.29 is 26.4 Å². The number of fused-ring (bicyclic) bond motifs is 1. The Morgan fingerprint density at radius 1 is 0.969 bits per heavy atom. The number of benzene rings is 2. The molecule has 2 aromatic carbocycles. The predicted molar refractivity (Wildman–Crippen MR) is 111 cm³/mol. The van der Waals surface area contributed by atoms with Gasteiger partial charge in [0.1, 0.15) is 5.69 Å². The minimum Gasteiger partial charge on any atom is -0.321 e. The Labute approximate surface area is 180 Å². The number of nitrogens with zero attached hydrogens (tertiary/aromatic N) is 3. The number of nitrogens with one attached hydrogen (secondary N) is 1. The van der Waals surface area contributed by atoms with Crippen LogP contribution in [0.1, 0.15) is 16.1 Å². The van der Waals surface area contributed by atoms with E-state index >= 15 is 0 Å². The van der Waals surface area contributed by atoms with Crippen LogP contribution in [0.4, 0.5) is 18.9 Å². The first-order chi connectivity index (χ1) is 15.0. The van der Waals surface area contributed by atoms with Gasteiger partial charge in [0.25, 0.3) is 5.91 Å². The van der Waals surface area contributed by atoms with Gasteiger partial charge in [0.15, 0.2) is 15.5 Å². The maximum Gasteiger partial charge on any atom is 0.416 e.